The second kappa shape index (κ2) is 12.3. The Kier molecular flexibility index (Phi) is 9.41. The van der Waals surface area contributed by atoms with Crippen LogP contribution < -0.4 is 16.0 Å². The highest BCUT2D eigenvalue weighted by Crippen LogP contribution is 2.17. The number of hydrogen-bond donors (Lipinski definition) is 3. The van der Waals surface area contributed by atoms with Crippen molar-refractivity contribution in [3.63, 3.8) is 0 Å². The third-order valence-electron chi connectivity index (χ3n) is 4.04. The standard InChI is InChI=1S/C21H30N6O2/c1-4-6-7-8-15-23-20-25-19(22-3)26-21(27-20)24-17-12-9-16(10-13-17)11-14-18(28)29-5-2/h9-14H,4-8,15H2,1-3H3,(H3,22,23,24,25,26,27). The molecule has 0 saturated carbocycles. The van der Waals surface area contributed by atoms with Crippen LogP contribution in [0.3, 0.4) is 0 Å². The lowest BCUT2D eigenvalue weighted by Crippen LogP contribution is -2.10. The molecule has 156 valence electrons. The number of esters is 1. The molecule has 2 aromatic rings. The molecule has 8 heteroatoms. The summed E-state index contributed by atoms with van der Waals surface area (Å²) in [5.74, 6) is 1.13. The summed E-state index contributed by atoms with van der Waals surface area (Å²) in [6.07, 6.45) is 7.84. The molecule has 8 nitrogen and oxygen atoms in total. The van der Waals surface area contributed by atoms with E-state index in [0.717, 1.165) is 24.2 Å². The van der Waals surface area contributed by atoms with Crippen LogP contribution in [0.4, 0.5) is 23.5 Å². The van der Waals surface area contributed by atoms with Crippen molar-refractivity contribution in [3.8, 4) is 0 Å². The number of ether oxygens (including phenoxy) is 1. The van der Waals surface area contributed by atoms with Gasteiger partial charge in [-0.2, -0.15) is 15.0 Å². The quantitative estimate of drug-likeness (QED) is 0.277. The average molecular weight is 399 g/mol. The monoisotopic (exact) mass is 398 g/mol. The van der Waals surface area contributed by atoms with Gasteiger partial charge in [0.25, 0.3) is 0 Å². The zero-order valence-corrected chi connectivity index (χ0v) is 17.4. The molecule has 1 aromatic carbocycles. The molecule has 0 unspecified atom stereocenters. The summed E-state index contributed by atoms with van der Waals surface area (Å²) in [6, 6.07) is 7.58. The van der Waals surface area contributed by atoms with E-state index in [4.69, 9.17) is 4.74 Å². The number of hydrogen-bond acceptors (Lipinski definition) is 8. The minimum absolute atomic E-state index is 0.353. The number of carbonyl (C=O) groups excluding carboxylic acids is 1. The first-order valence-electron chi connectivity index (χ1n) is 10.0. The molecule has 0 aliphatic rings. The fourth-order valence-corrected chi connectivity index (χ4v) is 2.54. The summed E-state index contributed by atoms with van der Waals surface area (Å²) in [5.41, 5.74) is 1.73. The van der Waals surface area contributed by atoms with Crippen molar-refractivity contribution in [2.75, 3.05) is 36.1 Å². The molecular weight excluding hydrogens is 368 g/mol. The van der Waals surface area contributed by atoms with Gasteiger partial charge < -0.3 is 20.7 Å². The van der Waals surface area contributed by atoms with Crippen molar-refractivity contribution < 1.29 is 9.53 Å². The first-order valence-corrected chi connectivity index (χ1v) is 10.0. The second-order valence-corrected chi connectivity index (χ2v) is 6.38. The van der Waals surface area contributed by atoms with Gasteiger partial charge in [0, 0.05) is 25.4 Å². The molecule has 0 aliphatic heterocycles. The van der Waals surface area contributed by atoms with E-state index in [9.17, 15) is 4.79 Å². The number of nitrogens with zero attached hydrogens (tertiary/aromatic N) is 3. The van der Waals surface area contributed by atoms with Crippen LogP contribution in [0.15, 0.2) is 30.3 Å². The Hall–Kier alpha value is -3.16. The SMILES string of the molecule is CCCCCCNc1nc(NC)nc(Nc2ccc(C=CC(=O)OCC)cc2)n1. The maximum Gasteiger partial charge on any atom is 0.330 e. The van der Waals surface area contributed by atoms with E-state index in [1.54, 1.807) is 20.0 Å². The van der Waals surface area contributed by atoms with Gasteiger partial charge in [-0.3, -0.25) is 0 Å². The number of rotatable bonds is 12. The Balaban J connectivity index is 1.99. The van der Waals surface area contributed by atoms with Crippen LogP contribution in [-0.4, -0.2) is 41.1 Å². The maximum absolute atomic E-state index is 11.4. The molecule has 0 radical (unpaired) electrons. The number of anilines is 4. The number of unbranched alkanes of at least 4 members (excludes halogenated alkanes) is 3. The first kappa shape index (κ1) is 22.1. The number of nitrogens with one attached hydrogen (secondary N) is 3. The van der Waals surface area contributed by atoms with Crippen LogP contribution in [0.2, 0.25) is 0 Å². The van der Waals surface area contributed by atoms with Crippen molar-refractivity contribution >= 4 is 35.6 Å². The predicted octanol–water partition coefficient (Wildman–Crippen LogP) is 4.23. The Bertz CT molecular complexity index is 792. The molecule has 3 N–H and O–H groups in total. The lowest BCUT2D eigenvalue weighted by atomic mass is 10.2. The fourth-order valence-electron chi connectivity index (χ4n) is 2.54. The molecule has 1 aromatic heterocycles. The summed E-state index contributed by atoms with van der Waals surface area (Å²) in [4.78, 5) is 24.5. The molecule has 0 spiro atoms. The lowest BCUT2D eigenvalue weighted by molar-refractivity contribution is -0.137. The van der Waals surface area contributed by atoms with Gasteiger partial charge in [0.15, 0.2) is 0 Å². The zero-order valence-electron chi connectivity index (χ0n) is 17.4. The Morgan fingerprint density at radius 1 is 1.00 bits per heavy atom. The normalized spacial score (nSPS) is 10.7. The summed E-state index contributed by atoms with van der Waals surface area (Å²) in [5, 5.41) is 9.40. The summed E-state index contributed by atoms with van der Waals surface area (Å²) < 4.78 is 4.87. The molecule has 0 bridgehead atoms. The largest absolute Gasteiger partial charge is 0.463 e. The van der Waals surface area contributed by atoms with Crippen LogP contribution in [0, 0.1) is 0 Å². The third-order valence-corrected chi connectivity index (χ3v) is 4.04. The van der Waals surface area contributed by atoms with Crippen LogP contribution in [0.1, 0.15) is 45.1 Å². The van der Waals surface area contributed by atoms with Gasteiger partial charge in [-0.1, -0.05) is 38.3 Å². The summed E-state index contributed by atoms with van der Waals surface area (Å²) in [7, 11) is 1.77. The van der Waals surface area contributed by atoms with Gasteiger partial charge in [0.05, 0.1) is 6.61 Å². The number of aromatic nitrogens is 3. The van der Waals surface area contributed by atoms with E-state index >= 15 is 0 Å². The van der Waals surface area contributed by atoms with Crippen LogP contribution in [0.25, 0.3) is 6.08 Å². The molecule has 1 heterocycles. The van der Waals surface area contributed by atoms with Gasteiger partial charge >= 0.3 is 5.97 Å². The van der Waals surface area contributed by atoms with Crippen molar-refractivity contribution in [1.29, 1.82) is 0 Å². The molecule has 0 aliphatic carbocycles. The molecule has 2 rings (SSSR count). The second-order valence-electron chi connectivity index (χ2n) is 6.38. The summed E-state index contributed by atoms with van der Waals surface area (Å²) >= 11 is 0. The van der Waals surface area contributed by atoms with Crippen molar-refractivity contribution in [2.45, 2.75) is 39.5 Å². The first-order chi connectivity index (χ1) is 14.1. The molecule has 0 fully saturated rings. The van der Waals surface area contributed by atoms with Gasteiger partial charge in [-0.25, -0.2) is 4.79 Å². The van der Waals surface area contributed by atoms with Gasteiger partial charge in [-0.15, -0.1) is 0 Å². The van der Waals surface area contributed by atoms with Crippen molar-refractivity contribution in [3.05, 3.63) is 35.9 Å². The van der Waals surface area contributed by atoms with Crippen LogP contribution >= 0.6 is 0 Å². The van der Waals surface area contributed by atoms with Crippen LogP contribution in [0.5, 0.6) is 0 Å². The third kappa shape index (κ3) is 8.16. The van der Waals surface area contributed by atoms with E-state index in [2.05, 4.69) is 37.8 Å². The highest BCUT2D eigenvalue weighted by atomic mass is 16.5. The fraction of sp³-hybridized carbons (Fsp3) is 0.429. The minimum Gasteiger partial charge on any atom is -0.463 e. The topological polar surface area (TPSA) is 101 Å². The smallest absolute Gasteiger partial charge is 0.330 e. The lowest BCUT2D eigenvalue weighted by Gasteiger charge is -2.10. The molecule has 0 atom stereocenters. The number of carbonyl (C=O) groups is 1. The molecule has 29 heavy (non-hydrogen) atoms. The molecule has 0 saturated heterocycles. The maximum atomic E-state index is 11.4. The Labute approximate surface area is 172 Å². The van der Waals surface area contributed by atoms with E-state index in [1.165, 1.54) is 25.3 Å². The van der Waals surface area contributed by atoms with Gasteiger partial charge in [0.1, 0.15) is 0 Å². The van der Waals surface area contributed by atoms with Crippen molar-refractivity contribution in [2.24, 2.45) is 0 Å². The van der Waals surface area contributed by atoms with Crippen molar-refractivity contribution in [1.82, 2.24) is 15.0 Å². The highest BCUT2D eigenvalue weighted by Gasteiger charge is 2.06. The van der Waals surface area contributed by atoms with Gasteiger partial charge in [0.2, 0.25) is 17.8 Å². The molecule has 0 amide bonds. The van der Waals surface area contributed by atoms with Gasteiger partial charge in [-0.05, 0) is 37.1 Å². The minimum atomic E-state index is -0.353. The van der Waals surface area contributed by atoms with E-state index in [0.29, 0.717) is 24.5 Å². The highest BCUT2D eigenvalue weighted by molar-refractivity contribution is 5.87. The van der Waals surface area contributed by atoms with E-state index in [-0.39, 0.29) is 5.97 Å². The van der Waals surface area contributed by atoms with E-state index < -0.39 is 0 Å². The Morgan fingerprint density at radius 3 is 2.41 bits per heavy atom. The Morgan fingerprint density at radius 2 is 1.72 bits per heavy atom. The number of benzene rings is 1. The average Bonchev–Trinajstić information content (AvgIpc) is 2.73. The van der Waals surface area contributed by atoms with E-state index in [1.807, 2.05) is 24.3 Å². The predicted molar refractivity (Wildman–Crippen MR) is 117 cm³/mol. The zero-order chi connectivity index (χ0) is 20.9. The van der Waals surface area contributed by atoms with Crippen LogP contribution in [-0.2, 0) is 9.53 Å². The molecular formula is C21H30N6O2. The summed E-state index contributed by atoms with van der Waals surface area (Å²) in [6.45, 7) is 5.16.